The fraction of sp³-hybridized carbons (Fsp3) is 0.800. The summed E-state index contributed by atoms with van der Waals surface area (Å²) < 4.78 is 15.3. The van der Waals surface area contributed by atoms with Crippen LogP contribution in [-0.4, -0.2) is 49.3 Å². The van der Waals surface area contributed by atoms with Crippen LogP contribution in [-0.2, 0) is 9.30 Å². The summed E-state index contributed by atoms with van der Waals surface area (Å²) in [6.45, 7) is -0.116. The number of aliphatic hydroxyl groups is 3. The standard InChI is InChI=1S/C5H10O7P/c6-1-4-5(8,13(9,10)11)3(7)2-12-4/h2-4,6-8H,1H2,(H2,9,10,11)/t3-,4+,5+/m0/s1. The lowest BCUT2D eigenvalue weighted by Crippen LogP contribution is -2.47. The van der Waals surface area contributed by atoms with Gasteiger partial charge in [0, 0.05) is 0 Å². The van der Waals surface area contributed by atoms with Gasteiger partial charge in [0.15, 0.2) is 0 Å². The molecule has 0 aromatic rings. The predicted octanol–water partition coefficient (Wildman–Crippen LogP) is -2.23. The molecule has 77 valence electrons. The van der Waals surface area contributed by atoms with E-state index < -0.39 is 31.8 Å². The summed E-state index contributed by atoms with van der Waals surface area (Å²) in [5.74, 6) is 0. The van der Waals surface area contributed by atoms with Crippen LogP contribution in [0.1, 0.15) is 0 Å². The molecule has 0 saturated carbocycles. The summed E-state index contributed by atoms with van der Waals surface area (Å²) >= 11 is 0. The van der Waals surface area contributed by atoms with E-state index in [1.54, 1.807) is 0 Å². The monoisotopic (exact) mass is 213 g/mol. The van der Waals surface area contributed by atoms with Crippen molar-refractivity contribution in [3.63, 3.8) is 0 Å². The van der Waals surface area contributed by atoms with E-state index in [9.17, 15) is 9.67 Å². The highest BCUT2D eigenvalue weighted by atomic mass is 31.2. The van der Waals surface area contributed by atoms with Crippen LogP contribution in [0.25, 0.3) is 0 Å². The topological polar surface area (TPSA) is 127 Å². The van der Waals surface area contributed by atoms with Crippen molar-refractivity contribution in [3.05, 3.63) is 6.61 Å². The molecule has 1 rings (SSSR count). The van der Waals surface area contributed by atoms with Crippen molar-refractivity contribution in [1.82, 2.24) is 0 Å². The average Bonchev–Trinajstić information content (AvgIpc) is 2.29. The van der Waals surface area contributed by atoms with E-state index in [4.69, 9.17) is 20.0 Å². The Bertz CT molecular complexity index is 237. The minimum atomic E-state index is -4.96. The fourth-order valence-corrected chi connectivity index (χ4v) is 2.02. The molecule has 1 radical (unpaired) electrons. The van der Waals surface area contributed by atoms with E-state index in [1.165, 1.54) is 0 Å². The number of rotatable bonds is 2. The molecule has 0 aliphatic carbocycles. The molecule has 0 aromatic heterocycles. The molecule has 0 unspecified atom stereocenters. The molecule has 0 bridgehead atoms. The number of hydrogen-bond donors (Lipinski definition) is 5. The Morgan fingerprint density at radius 2 is 2.08 bits per heavy atom. The van der Waals surface area contributed by atoms with Crippen molar-refractivity contribution < 1.29 is 34.4 Å². The Kier molecular flexibility index (Phi) is 2.80. The van der Waals surface area contributed by atoms with Gasteiger partial charge in [0.25, 0.3) is 0 Å². The predicted molar refractivity (Wildman–Crippen MR) is 39.3 cm³/mol. The summed E-state index contributed by atoms with van der Waals surface area (Å²) in [6.07, 6.45) is -3.33. The van der Waals surface area contributed by atoms with Crippen LogP contribution in [0.4, 0.5) is 0 Å². The average molecular weight is 213 g/mol. The molecule has 1 fully saturated rings. The molecule has 0 aromatic carbocycles. The largest absolute Gasteiger partial charge is 0.394 e. The van der Waals surface area contributed by atoms with Gasteiger partial charge in [-0.3, -0.25) is 4.57 Å². The van der Waals surface area contributed by atoms with Crippen LogP contribution in [0, 0.1) is 6.61 Å². The summed E-state index contributed by atoms with van der Waals surface area (Å²) in [5, 5.41) is 24.4. The molecular weight excluding hydrogens is 203 g/mol. The van der Waals surface area contributed by atoms with Crippen LogP contribution in [0.3, 0.4) is 0 Å². The summed E-state index contributed by atoms with van der Waals surface area (Å²) in [4.78, 5) is 17.5. The van der Waals surface area contributed by atoms with Crippen molar-refractivity contribution >= 4 is 7.60 Å². The quantitative estimate of drug-likeness (QED) is 0.328. The van der Waals surface area contributed by atoms with Crippen molar-refractivity contribution in [2.45, 2.75) is 17.6 Å². The maximum atomic E-state index is 10.8. The van der Waals surface area contributed by atoms with Gasteiger partial charge >= 0.3 is 7.60 Å². The van der Waals surface area contributed by atoms with Gasteiger partial charge in [-0.05, 0) is 0 Å². The number of ether oxygens (including phenoxy) is 1. The summed E-state index contributed by atoms with van der Waals surface area (Å²) in [6, 6.07) is 0. The van der Waals surface area contributed by atoms with E-state index in [-0.39, 0.29) is 0 Å². The van der Waals surface area contributed by atoms with Crippen molar-refractivity contribution in [2.24, 2.45) is 0 Å². The SMILES string of the molecule is O=P(O)(O)[C@]1(O)[C@@H](O)[CH]O[C@@H]1CO. The van der Waals surface area contributed by atoms with E-state index in [1.807, 2.05) is 0 Å². The lowest BCUT2D eigenvalue weighted by molar-refractivity contribution is -0.0490. The van der Waals surface area contributed by atoms with Gasteiger partial charge in [-0.25, -0.2) is 0 Å². The fourth-order valence-electron chi connectivity index (χ4n) is 1.10. The van der Waals surface area contributed by atoms with Gasteiger partial charge in [-0.2, -0.15) is 0 Å². The van der Waals surface area contributed by atoms with Crippen molar-refractivity contribution in [3.8, 4) is 0 Å². The Labute approximate surface area is 73.7 Å². The van der Waals surface area contributed by atoms with Crippen molar-refractivity contribution in [2.75, 3.05) is 6.61 Å². The maximum absolute atomic E-state index is 10.8. The Morgan fingerprint density at radius 1 is 1.54 bits per heavy atom. The third kappa shape index (κ3) is 1.53. The smallest absolute Gasteiger partial charge is 0.362 e. The molecule has 1 heterocycles. The molecule has 0 spiro atoms. The Morgan fingerprint density at radius 3 is 2.38 bits per heavy atom. The second-order valence-electron chi connectivity index (χ2n) is 2.72. The van der Waals surface area contributed by atoms with Gasteiger partial charge < -0.3 is 29.8 Å². The zero-order valence-corrected chi connectivity index (χ0v) is 7.33. The maximum Gasteiger partial charge on any atom is 0.362 e. The zero-order valence-electron chi connectivity index (χ0n) is 6.44. The van der Waals surface area contributed by atoms with E-state index in [0.29, 0.717) is 6.61 Å². The minimum Gasteiger partial charge on any atom is -0.394 e. The molecule has 8 heteroatoms. The first-order chi connectivity index (χ1) is 5.84. The highest BCUT2D eigenvalue weighted by Gasteiger charge is 2.61. The summed E-state index contributed by atoms with van der Waals surface area (Å²) in [5.41, 5.74) is 0. The van der Waals surface area contributed by atoms with Crippen molar-refractivity contribution in [1.29, 1.82) is 0 Å². The third-order valence-electron chi connectivity index (χ3n) is 1.91. The highest BCUT2D eigenvalue weighted by molar-refractivity contribution is 7.53. The van der Waals surface area contributed by atoms with Crippen LogP contribution >= 0.6 is 7.60 Å². The first-order valence-electron chi connectivity index (χ1n) is 3.39. The first kappa shape index (κ1) is 11.1. The lowest BCUT2D eigenvalue weighted by atomic mass is 10.1. The van der Waals surface area contributed by atoms with Crippen LogP contribution in [0.5, 0.6) is 0 Å². The van der Waals surface area contributed by atoms with Gasteiger partial charge in [0.2, 0.25) is 5.34 Å². The molecule has 1 aliphatic heterocycles. The molecule has 7 nitrogen and oxygen atoms in total. The van der Waals surface area contributed by atoms with Gasteiger partial charge in [0.05, 0.1) is 6.61 Å². The molecular formula is C5H10O7P. The van der Waals surface area contributed by atoms with Crippen LogP contribution in [0.15, 0.2) is 0 Å². The van der Waals surface area contributed by atoms with Gasteiger partial charge in [-0.1, -0.05) is 0 Å². The third-order valence-corrected chi connectivity index (χ3v) is 3.40. The zero-order chi connectivity index (χ0) is 10.3. The second kappa shape index (κ2) is 3.29. The number of aliphatic hydroxyl groups excluding tert-OH is 2. The molecule has 1 saturated heterocycles. The van der Waals surface area contributed by atoms with E-state index >= 15 is 0 Å². The van der Waals surface area contributed by atoms with E-state index in [2.05, 4.69) is 4.74 Å². The molecule has 1 aliphatic rings. The van der Waals surface area contributed by atoms with Crippen LogP contribution < -0.4 is 0 Å². The van der Waals surface area contributed by atoms with E-state index in [0.717, 1.165) is 0 Å². The highest BCUT2D eigenvalue weighted by Crippen LogP contribution is 2.56. The Balaban J connectivity index is 3.03. The molecule has 13 heavy (non-hydrogen) atoms. The minimum absolute atomic E-state index is 0.681. The summed E-state index contributed by atoms with van der Waals surface area (Å²) in [7, 11) is -4.96. The lowest BCUT2D eigenvalue weighted by Gasteiger charge is -2.29. The molecule has 0 amide bonds. The molecule has 3 atom stereocenters. The second-order valence-corrected chi connectivity index (χ2v) is 4.52. The number of hydrogen-bond acceptors (Lipinski definition) is 5. The van der Waals surface area contributed by atoms with Gasteiger partial charge in [-0.15, -0.1) is 0 Å². The normalized spacial score (nSPS) is 41.0. The molecule has 5 N–H and O–H groups in total. The van der Waals surface area contributed by atoms with Crippen LogP contribution in [0.2, 0.25) is 0 Å². The first-order valence-corrected chi connectivity index (χ1v) is 5.01. The Hall–Kier alpha value is -0.0100. The van der Waals surface area contributed by atoms with Gasteiger partial charge in [0.1, 0.15) is 18.8 Å².